The van der Waals surface area contributed by atoms with E-state index in [4.69, 9.17) is 4.74 Å². The van der Waals surface area contributed by atoms with Crippen molar-refractivity contribution >= 4 is 0 Å². The lowest BCUT2D eigenvalue weighted by molar-refractivity contribution is 0.0426. The summed E-state index contributed by atoms with van der Waals surface area (Å²) in [6, 6.07) is 7.14. The summed E-state index contributed by atoms with van der Waals surface area (Å²) in [6.07, 6.45) is 6.81. The van der Waals surface area contributed by atoms with Crippen LogP contribution in [0.25, 0.3) is 0 Å². The maximum absolute atomic E-state index is 6.13. The van der Waals surface area contributed by atoms with Gasteiger partial charge in [-0.25, -0.2) is 0 Å². The van der Waals surface area contributed by atoms with E-state index in [1.165, 1.54) is 42.4 Å². The highest BCUT2D eigenvalue weighted by Gasteiger charge is 2.18. The van der Waals surface area contributed by atoms with Gasteiger partial charge in [0.25, 0.3) is 0 Å². The second-order valence-corrected chi connectivity index (χ2v) is 6.17. The molecule has 20 heavy (non-hydrogen) atoms. The first-order valence-electron chi connectivity index (χ1n) is 8.12. The van der Waals surface area contributed by atoms with Gasteiger partial charge in [0.2, 0.25) is 0 Å². The Balaban J connectivity index is 2.00. The third-order valence-electron chi connectivity index (χ3n) is 4.09. The number of rotatable bonds is 7. The Bertz CT molecular complexity index is 390. The average molecular weight is 275 g/mol. The monoisotopic (exact) mass is 275 g/mol. The minimum absolute atomic E-state index is 0.328. The predicted octanol–water partition coefficient (Wildman–Crippen LogP) is 4.30. The van der Waals surface area contributed by atoms with Gasteiger partial charge in [-0.15, -0.1) is 0 Å². The third kappa shape index (κ3) is 4.60. The normalized spacial score (nSPS) is 17.6. The van der Waals surface area contributed by atoms with Crippen molar-refractivity contribution in [1.29, 1.82) is 0 Å². The van der Waals surface area contributed by atoms with Crippen molar-refractivity contribution in [2.75, 3.05) is 13.2 Å². The maximum Gasteiger partial charge on any atom is 0.0665 e. The number of benzene rings is 1. The van der Waals surface area contributed by atoms with Crippen LogP contribution in [0.4, 0.5) is 0 Å². The predicted molar refractivity (Wildman–Crippen MR) is 85.2 cm³/mol. The molecule has 0 amide bonds. The molecule has 112 valence electrons. The highest BCUT2D eigenvalue weighted by atomic mass is 16.5. The highest BCUT2D eigenvalue weighted by Crippen LogP contribution is 2.24. The van der Waals surface area contributed by atoms with Gasteiger partial charge < -0.3 is 10.1 Å². The minimum atomic E-state index is 0.328. The summed E-state index contributed by atoms with van der Waals surface area (Å²) in [6.45, 7) is 8.40. The van der Waals surface area contributed by atoms with Gasteiger partial charge in [-0.05, 0) is 45.2 Å². The van der Waals surface area contributed by atoms with Crippen LogP contribution in [0.3, 0.4) is 0 Å². The molecule has 2 nitrogen and oxygen atoms in total. The third-order valence-corrected chi connectivity index (χ3v) is 4.09. The highest BCUT2D eigenvalue weighted by molar-refractivity contribution is 5.30. The summed E-state index contributed by atoms with van der Waals surface area (Å²) >= 11 is 0. The molecule has 1 aliphatic rings. The number of nitrogens with one attached hydrogen (secondary N) is 1. The number of aryl methyl sites for hydroxylation is 2. The molecule has 0 radical (unpaired) electrons. The van der Waals surface area contributed by atoms with E-state index in [9.17, 15) is 0 Å². The molecule has 1 atom stereocenters. The fourth-order valence-electron chi connectivity index (χ4n) is 3.09. The molecular formula is C18H29NO. The lowest BCUT2D eigenvalue weighted by atomic mass is 10.0. The Labute approximate surface area is 123 Å². The zero-order valence-electron chi connectivity index (χ0n) is 13.2. The van der Waals surface area contributed by atoms with Crippen LogP contribution in [0.5, 0.6) is 0 Å². The van der Waals surface area contributed by atoms with E-state index in [1.807, 2.05) is 0 Å². The number of ether oxygens (including phenoxy) is 1. The zero-order valence-corrected chi connectivity index (χ0v) is 13.2. The first-order valence-corrected chi connectivity index (χ1v) is 8.12. The summed E-state index contributed by atoms with van der Waals surface area (Å²) in [5, 5.41) is 3.64. The largest absolute Gasteiger partial charge is 0.376 e. The molecule has 1 unspecified atom stereocenters. The number of hydrogen-bond donors (Lipinski definition) is 1. The summed E-state index contributed by atoms with van der Waals surface area (Å²) in [5.41, 5.74) is 4.04. The summed E-state index contributed by atoms with van der Waals surface area (Å²) in [7, 11) is 0. The minimum Gasteiger partial charge on any atom is -0.376 e. The van der Waals surface area contributed by atoms with E-state index in [-0.39, 0.29) is 0 Å². The van der Waals surface area contributed by atoms with Gasteiger partial charge >= 0.3 is 0 Å². The quantitative estimate of drug-likeness (QED) is 0.801. The van der Waals surface area contributed by atoms with Gasteiger partial charge in [-0.2, -0.15) is 0 Å². The van der Waals surface area contributed by atoms with Gasteiger partial charge in [0.15, 0.2) is 0 Å². The molecule has 1 saturated carbocycles. The van der Waals surface area contributed by atoms with Crippen LogP contribution < -0.4 is 5.32 Å². The van der Waals surface area contributed by atoms with E-state index in [0.29, 0.717) is 12.1 Å². The first-order chi connectivity index (χ1) is 9.69. The Morgan fingerprint density at radius 1 is 1.15 bits per heavy atom. The van der Waals surface area contributed by atoms with Crippen molar-refractivity contribution in [2.45, 2.75) is 65.0 Å². The first kappa shape index (κ1) is 15.5. The molecular weight excluding hydrogens is 246 g/mol. The van der Waals surface area contributed by atoms with E-state index in [2.05, 4.69) is 44.3 Å². The van der Waals surface area contributed by atoms with Gasteiger partial charge in [0.1, 0.15) is 0 Å². The van der Waals surface area contributed by atoms with Crippen LogP contribution >= 0.6 is 0 Å². The SMILES string of the molecule is CCCNC(COC1CCCC1)c1cc(C)cc(C)c1. The van der Waals surface area contributed by atoms with Crippen molar-refractivity contribution in [2.24, 2.45) is 0 Å². The lowest BCUT2D eigenvalue weighted by Gasteiger charge is -2.22. The van der Waals surface area contributed by atoms with Crippen molar-refractivity contribution in [3.63, 3.8) is 0 Å². The van der Waals surface area contributed by atoms with E-state index < -0.39 is 0 Å². The topological polar surface area (TPSA) is 21.3 Å². The molecule has 0 bridgehead atoms. The van der Waals surface area contributed by atoms with Gasteiger partial charge in [0.05, 0.1) is 18.8 Å². The molecule has 2 heteroatoms. The fourth-order valence-corrected chi connectivity index (χ4v) is 3.09. The van der Waals surface area contributed by atoms with Gasteiger partial charge in [-0.1, -0.05) is 49.1 Å². The van der Waals surface area contributed by atoms with Crippen LogP contribution in [-0.2, 0) is 4.74 Å². The lowest BCUT2D eigenvalue weighted by Crippen LogP contribution is -2.28. The summed E-state index contributed by atoms with van der Waals surface area (Å²) in [4.78, 5) is 0. The van der Waals surface area contributed by atoms with Crippen LogP contribution in [0.2, 0.25) is 0 Å². The molecule has 0 aliphatic heterocycles. The van der Waals surface area contributed by atoms with Gasteiger partial charge in [-0.3, -0.25) is 0 Å². The Morgan fingerprint density at radius 2 is 1.80 bits per heavy atom. The van der Waals surface area contributed by atoms with E-state index in [1.54, 1.807) is 0 Å². The molecule has 0 aromatic heterocycles. The summed E-state index contributed by atoms with van der Waals surface area (Å²) < 4.78 is 6.13. The molecule has 1 aromatic rings. The van der Waals surface area contributed by atoms with Crippen molar-refractivity contribution in [1.82, 2.24) is 5.32 Å². The van der Waals surface area contributed by atoms with Crippen molar-refractivity contribution in [3.05, 3.63) is 34.9 Å². The second-order valence-electron chi connectivity index (χ2n) is 6.17. The molecule has 0 heterocycles. The van der Waals surface area contributed by atoms with E-state index in [0.717, 1.165) is 19.6 Å². The molecule has 1 aliphatic carbocycles. The average Bonchev–Trinajstić information content (AvgIpc) is 2.91. The standard InChI is InChI=1S/C18H29NO/c1-4-9-19-18(13-20-17-7-5-6-8-17)16-11-14(2)10-15(3)12-16/h10-12,17-19H,4-9,13H2,1-3H3. The van der Waals surface area contributed by atoms with Crippen molar-refractivity contribution < 1.29 is 4.74 Å². The smallest absolute Gasteiger partial charge is 0.0665 e. The van der Waals surface area contributed by atoms with Crippen LogP contribution in [0, 0.1) is 13.8 Å². The van der Waals surface area contributed by atoms with Gasteiger partial charge in [0, 0.05) is 0 Å². The zero-order chi connectivity index (χ0) is 14.4. The Kier molecular flexibility index (Phi) is 6.06. The molecule has 1 fully saturated rings. The second kappa shape index (κ2) is 7.80. The van der Waals surface area contributed by atoms with Crippen LogP contribution in [0.15, 0.2) is 18.2 Å². The molecule has 0 saturated heterocycles. The summed E-state index contributed by atoms with van der Waals surface area (Å²) in [5.74, 6) is 0. The van der Waals surface area contributed by atoms with E-state index >= 15 is 0 Å². The fraction of sp³-hybridized carbons (Fsp3) is 0.667. The molecule has 1 N–H and O–H groups in total. The Hall–Kier alpha value is -0.860. The molecule has 2 rings (SSSR count). The van der Waals surface area contributed by atoms with Crippen LogP contribution in [-0.4, -0.2) is 19.3 Å². The number of hydrogen-bond acceptors (Lipinski definition) is 2. The molecule has 0 spiro atoms. The maximum atomic E-state index is 6.13. The van der Waals surface area contributed by atoms with Crippen molar-refractivity contribution in [3.8, 4) is 0 Å². The van der Waals surface area contributed by atoms with Crippen LogP contribution in [0.1, 0.15) is 61.8 Å². The Morgan fingerprint density at radius 3 is 2.40 bits per heavy atom. The molecule has 1 aromatic carbocycles.